The van der Waals surface area contributed by atoms with E-state index < -0.39 is 0 Å². The van der Waals surface area contributed by atoms with Gasteiger partial charge in [0.1, 0.15) is 5.82 Å². The van der Waals surface area contributed by atoms with E-state index >= 15 is 0 Å². The number of ether oxygens (including phenoxy) is 1. The van der Waals surface area contributed by atoms with Gasteiger partial charge in [0.05, 0.1) is 24.2 Å². The molecule has 2 aromatic heterocycles. The van der Waals surface area contributed by atoms with Crippen molar-refractivity contribution in [1.29, 1.82) is 0 Å². The van der Waals surface area contributed by atoms with E-state index in [0.717, 1.165) is 24.2 Å². The fraction of sp³-hybridized carbons (Fsp3) is 0.476. The Kier molecular flexibility index (Phi) is 5.89. The second-order valence-corrected chi connectivity index (χ2v) is 7.43. The topological polar surface area (TPSA) is 95.1 Å². The average molecular weight is 410 g/mol. The molecule has 0 saturated carbocycles. The van der Waals surface area contributed by atoms with Crippen molar-refractivity contribution < 1.29 is 9.53 Å². The highest BCUT2D eigenvalue weighted by Gasteiger charge is 2.28. The van der Waals surface area contributed by atoms with E-state index in [4.69, 9.17) is 4.74 Å². The van der Waals surface area contributed by atoms with E-state index in [1.54, 1.807) is 36.2 Å². The monoisotopic (exact) mass is 410 g/mol. The molecule has 1 amide bonds. The molecule has 0 unspecified atom stereocenters. The number of aromatic nitrogens is 5. The number of carbonyl (C=O) groups is 1. The Hall–Kier alpha value is -3.07. The molecule has 0 radical (unpaired) electrons. The lowest BCUT2D eigenvalue weighted by Crippen LogP contribution is -2.38. The van der Waals surface area contributed by atoms with E-state index in [2.05, 4.69) is 15.1 Å². The number of rotatable bonds is 6. The second-order valence-electron chi connectivity index (χ2n) is 7.43. The molecular formula is C21H26N6O3. The molecule has 0 aliphatic carbocycles. The molecule has 1 aromatic carbocycles. The van der Waals surface area contributed by atoms with Crippen molar-refractivity contribution in [2.75, 3.05) is 26.8 Å². The predicted octanol–water partition coefficient (Wildman–Crippen LogP) is 1.67. The molecular weight excluding hydrogens is 384 g/mol. The molecule has 1 aliphatic rings. The smallest absolute Gasteiger partial charge is 0.345 e. The summed E-state index contributed by atoms with van der Waals surface area (Å²) in [7, 11) is 1.61. The van der Waals surface area contributed by atoms with Crippen LogP contribution in [-0.4, -0.2) is 61.9 Å². The third-order valence-electron chi connectivity index (χ3n) is 5.64. The van der Waals surface area contributed by atoms with Crippen LogP contribution in [0.3, 0.4) is 0 Å². The molecule has 1 aliphatic heterocycles. The summed E-state index contributed by atoms with van der Waals surface area (Å²) in [5, 5.41) is 4.57. The number of hydrogen-bond acceptors (Lipinski definition) is 6. The van der Waals surface area contributed by atoms with Crippen LogP contribution in [-0.2, 0) is 17.8 Å². The minimum atomic E-state index is -0.0969. The largest absolute Gasteiger partial charge is 0.383 e. The summed E-state index contributed by atoms with van der Waals surface area (Å²) in [6.07, 6.45) is 4.82. The SMILES string of the molecule is CCn1c(C2CCN(C(=O)c3ccc4nccnc4c3)CC2)nn(CCOC)c1=O. The lowest BCUT2D eigenvalue weighted by molar-refractivity contribution is 0.0710. The summed E-state index contributed by atoms with van der Waals surface area (Å²) < 4.78 is 8.29. The Bertz CT molecular complexity index is 1100. The highest BCUT2D eigenvalue weighted by molar-refractivity contribution is 5.97. The van der Waals surface area contributed by atoms with E-state index in [9.17, 15) is 9.59 Å². The van der Waals surface area contributed by atoms with Gasteiger partial charge in [-0.2, -0.15) is 5.10 Å². The Morgan fingerprint density at radius 2 is 1.90 bits per heavy atom. The second kappa shape index (κ2) is 8.74. The van der Waals surface area contributed by atoms with E-state index in [1.165, 1.54) is 4.68 Å². The first-order valence-electron chi connectivity index (χ1n) is 10.3. The van der Waals surface area contributed by atoms with Gasteiger partial charge in [-0.15, -0.1) is 0 Å². The lowest BCUT2D eigenvalue weighted by atomic mass is 9.95. The van der Waals surface area contributed by atoms with Crippen LogP contribution >= 0.6 is 0 Å². The number of fused-ring (bicyclic) bond motifs is 1. The molecule has 1 saturated heterocycles. The van der Waals surface area contributed by atoms with Crippen LogP contribution in [0.25, 0.3) is 11.0 Å². The highest BCUT2D eigenvalue weighted by atomic mass is 16.5. The molecule has 9 nitrogen and oxygen atoms in total. The van der Waals surface area contributed by atoms with E-state index in [0.29, 0.717) is 43.9 Å². The zero-order chi connectivity index (χ0) is 21.1. The minimum Gasteiger partial charge on any atom is -0.383 e. The molecule has 4 rings (SSSR count). The Morgan fingerprint density at radius 1 is 1.17 bits per heavy atom. The van der Waals surface area contributed by atoms with Gasteiger partial charge in [-0.25, -0.2) is 9.48 Å². The molecule has 0 atom stereocenters. The first kappa shape index (κ1) is 20.2. The number of carbonyl (C=O) groups excluding carboxylic acids is 1. The van der Waals surface area contributed by atoms with Gasteiger partial charge in [-0.05, 0) is 38.0 Å². The molecule has 3 heterocycles. The van der Waals surface area contributed by atoms with Crippen molar-refractivity contribution in [3.63, 3.8) is 0 Å². The first-order valence-corrected chi connectivity index (χ1v) is 10.3. The van der Waals surface area contributed by atoms with Gasteiger partial charge >= 0.3 is 5.69 Å². The van der Waals surface area contributed by atoms with Gasteiger partial charge < -0.3 is 9.64 Å². The van der Waals surface area contributed by atoms with Gasteiger partial charge in [0.15, 0.2) is 0 Å². The number of hydrogen-bond donors (Lipinski definition) is 0. The number of methoxy groups -OCH3 is 1. The molecule has 0 spiro atoms. The third kappa shape index (κ3) is 3.85. The van der Waals surface area contributed by atoms with Crippen molar-refractivity contribution in [2.24, 2.45) is 0 Å². The van der Waals surface area contributed by atoms with Crippen molar-refractivity contribution in [3.05, 3.63) is 52.5 Å². The number of likely N-dealkylation sites (tertiary alicyclic amines) is 1. The summed E-state index contributed by atoms with van der Waals surface area (Å²) >= 11 is 0. The van der Waals surface area contributed by atoms with Crippen molar-refractivity contribution in [1.82, 2.24) is 29.2 Å². The Morgan fingerprint density at radius 3 is 2.60 bits per heavy atom. The van der Waals surface area contributed by atoms with Crippen LogP contribution in [0.4, 0.5) is 0 Å². The number of piperidine rings is 1. The minimum absolute atomic E-state index is 0.000455. The van der Waals surface area contributed by atoms with E-state index in [-0.39, 0.29) is 17.5 Å². The molecule has 3 aromatic rings. The summed E-state index contributed by atoms with van der Waals surface area (Å²) in [5.74, 6) is 0.971. The predicted molar refractivity (Wildman–Crippen MR) is 111 cm³/mol. The van der Waals surface area contributed by atoms with Crippen LogP contribution in [0.5, 0.6) is 0 Å². The van der Waals surface area contributed by atoms with Gasteiger partial charge in [0, 0.05) is 50.6 Å². The quantitative estimate of drug-likeness (QED) is 0.614. The number of amides is 1. The molecule has 1 fully saturated rings. The molecule has 9 heteroatoms. The van der Waals surface area contributed by atoms with Crippen LogP contribution in [0.1, 0.15) is 41.9 Å². The normalized spacial score (nSPS) is 15.1. The molecule has 30 heavy (non-hydrogen) atoms. The summed E-state index contributed by atoms with van der Waals surface area (Å²) in [6, 6.07) is 5.43. The third-order valence-corrected chi connectivity index (χ3v) is 5.64. The van der Waals surface area contributed by atoms with Crippen molar-refractivity contribution in [3.8, 4) is 0 Å². The fourth-order valence-electron chi connectivity index (χ4n) is 4.00. The fourth-order valence-corrected chi connectivity index (χ4v) is 4.00. The van der Waals surface area contributed by atoms with Gasteiger partial charge in [0.25, 0.3) is 5.91 Å². The summed E-state index contributed by atoms with van der Waals surface area (Å²) in [5.41, 5.74) is 2.01. The average Bonchev–Trinajstić information content (AvgIpc) is 3.12. The maximum absolute atomic E-state index is 13.0. The zero-order valence-electron chi connectivity index (χ0n) is 17.3. The maximum Gasteiger partial charge on any atom is 0.345 e. The molecule has 0 bridgehead atoms. The lowest BCUT2D eigenvalue weighted by Gasteiger charge is -2.31. The van der Waals surface area contributed by atoms with Crippen LogP contribution in [0.2, 0.25) is 0 Å². The maximum atomic E-state index is 13.0. The Labute approximate surface area is 174 Å². The van der Waals surface area contributed by atoms with Gasteiger partial charge in [-0.1, -0.05) is 0 Å². The van der Waals surface area contributed by atoms with Crippen molar-refractivity contribution in [2.45, 2.75) is 38.8 Å². The summed E-state index contributed by atoms with van der Waals surface area (Å²) in [4.78, 5) is 35.9. The first-order chi connectivity index (χ1) is 14.6. The zero-order valence-corrected chi connectivity index (χ0v) is 17.3. The molecule has 0 N–H and O–H groups in total. The van der Waals surface area contributed by atoms with Crippen LogP contribution < -0.4 is 5.69 Å². The molecule has 158 valence electrons. The number of benzene rings is 1. The summed E-state index contributed by atoms with van der Waals surface area (Å²) in [6.45, 7) is 4.68. The van der Waals surface area contributed by atoms with Crippen LogP contribution in [0, 0.1) is 0 Å². The van der Waals surface area contributed by atoms with Gasteiger partial charge in [0.2, 0.25) is 0 Å². The Balaban J connectivity index is 1.47. The highest BCUT2D eigenvalue weighted by Crippen LogP contribution is 2.27. The van der Waals surface area contributed by atoms with E-state index in [1.807, 2.05) is 17.9 Å². The van der Waals surface area contributed by atoms with Gasteiger partial charge in [-0.3, -0.25) is 19.3 Å². The van der Waals surface area contributed by atoms with Crippen LogP contribution in [0.15, 0.2) is 35.4 Å². The number of nitrogens with zero attached hydrogens (tertiary/aromatic N) is 6. The van der Waals surface area contributed by atoms with Crippen molar-refractivity contribution >= 4 is 16.9 Å². The standard InChI is InChI=1S/C21H26N6O3/c1-3-26-19(24-27(21(26)29)12-13-30-2)15-6-10-25(11-7-15)20(28)16-4-5-17-18(14-16)23-9-8-22-17/h4-5,8-9,14-15H,3,6-7,10-13H2,1-2H3.